The van der Waals surface area contributed by atoms with Gasteiger partial charge >= 0.3 is 0 Å². The number of carbonyl (C=O) groups excluding carboxylic acids is 1. The first-order valence-electron chi connectivity index (χ1n) is 10.1. The minimum Gasteiger partial charge on any atom is -0.506 e. The van der Waals surface area contributed by atoms with Gasteiger partial charge in [-0.3, -0.25) is 10.1 Å². The van der Waals surface area contributed by atoms with Gasteiger partial charge in [-0.05, 0) is 42.0 Å². The van der Waals surface area contributed by atoms with Gasteiger partial charge in [0, 0.05) is 17.6 Å². The van der Waals surface area contributed by atoms with Crippen LogP contribution in [0.5, 0.6) is 5.75 Å². The fraction of sp³-hybridized carbons (Fsp3) is 0.0870. The molecule has 4 aromatic rings. The van der Waals surface area contributed by atoms with E-state index in [4.69, 9.17) is 0 Å². The third-order valence-corrected chi connectivity index (χ3v) is 8.16. The number of carbonyl (C=O) groups is 1. The SMILES string of the molecule is O=C1Nc2cc(C(O)NCc3cnc(-c4ccc(O)cn4)s3)ccc2S(=O)(=O)c2ccccc21. The van der Waals surface area contributed by atoms with Crippen LogP contribution >= 0.6 is 11.3 Å². The number of hydrogen-bond acceptors (Lipinski definition) is 9. The highest BCUT2D eigenvalue weighted by Crippen LogP contribution is 2.35. The Bertz CT molecular complexity index is 1500. The summed E-state index contributed by atoms with van der Waals surface area (Å²) in [4.78, 5) is 21.8. The summed E-state index contributed by atoms with van der Waals surface area (Å²) in [6, 6.07) is 13.6. The number of sulfone groups is 1. The molecule has 11 heteroatoms. The fourth-order valence-corrected chi connectivity index (χ4v) is 6.01. The molecule has 172 valence electrons. The predicted molar refractivity (Wildman–Crippen MR) is 125 cm³/mol. The van der Waals surface area contributed by atoms with Crippen molar-refractivity contribution in [2.45, 2.75) is 22.6 Å². The number of thiazole rings is 1. The smallest absolute Gasteiger partial charge is 0.257 e. The van der Waals surface area contributed by atoms with Gasteiger partial charge in [0.05, 0.1) is 32.9 Å². The van der Waals surface area contributed by atoms with Crippen molar-refractivity contribution in [2.75, 3.05) is 5.32 Å². The second-order valence-corrected chi connectivity index (χ2v) is 10.5. The van der Waals surface area contributed by atoms with E-state index in [1.165, 1.54) is 53.9 Å². The van der Waals surface area contributed by atoms with E-state index in [1.54, 1.807) is 24.4 Å². The van der Waals surface area contributed by atoms with Gasteiger partial charge in [-0.2, -0.15) is 0 Å². The average molecular weight is 495 g/mol. The zero-order chi connectivity index (χ0) is 23.9. The molecule has 34 heavy (non-hydrogen) atoms. The molecule has 0 saturated heterocycles. The summed E-state index contributed by atoms with van der Waals surface area (Å²) in [7, 11) is -3.91. The third kappa shape index (κ3) is 4.05. The Hall–Kier alpha value is -3.64. The van der Waals surface area contributed by atoms with Crippen LogP contribution in [0, 0.1) is 0 Å². The number of nitrogens with zero attached hydrogens (tertiary/aromatic N) is 2. The summed E-state index contributed by atoms with van der Waals surface area (Å²) < 4.78 is 26.2. The van der Waals surface area contributed by atoms with Crippen LogP contribution in [0.4, 0.5) is 5.69 Å². The molecule has 1 aliphatic heterocycles. The molecular weight excluding hydrogens is 476 g/mol. The number of amides is 1. The van der Waals surface area contributed by atoms with Crippen LogP contribution in [0.2, 0.25) is 0 Å². The van der Waals surface area contributed by atoms with E-state index in [9.17, 15) is 23.4 Å². The number of benzene rings is 2. The van der Waals surface area contributed by atoms with Gasteiger partial charge < -0.3 is 15.5 Å². The first-order valence-corrected chi connectivity index (χ1v) is 12.4. The number of hydrogen-bond donors (Lipinski definition) is 4. The van der Waals surface area contributed by atoms with Crippen molar-refractivity contribution >= 4 is 32.8 Å². The monoisotopic (exact) mass is 494 g/mol. The Morgan fingerprint density at radius 1 is 1.03 bits per heavy atom. The number of anilines is 1. The minimum atomic E-state index is -3.91. The largest absolute Gasteiger partial charge is 0.506 e. The van der Waals surface area contributed by atoms with Gasteiger partial charge in [0.2, 0.25) is 9.84 Å². The Morgan fingerprint density at radius 3 is 2.65 bits per heavy atom. The van der Waals surface area contributed by atoms with Crippen molar-refractivity contribution in [1.82, 2.24) is 15.3 Å². The molecule has 0 spiro atoms. The number of aromatic hydroxyl groups is 1. The molecule has 0 bridgehead atoms. The molecule has 1 aliphatic rings. The number of aromatic nitrogens is 2. The van der Waals surface area contributed by atoms with Gasteiger partial charge in [-0.1, -0.05) is 18.2 Å². The van der Waals surface area contributed by atoms with Gasteiger partial charge in [-0.15, -0.1) is 11.3 Å². The molecule has 2 aromatic heterocycles. The van der Waals surface area contributed by atoms with E-state index < -0.39 is 22.0 Å². The number of pyridine rings is 1. The highest BCUT2D eigenvalue weighted by Gasteiger charge is 2.31. The second-order valence-electron chi connectivity index (χ2n) is 7.53. The van der Waals surface area contributed by atoms with Crippen LogP contribution in [0.1, 0.15) is 27.0 Å². The zero-order valence-corrected chi connectivity index (χ0v) is 19.1. The first kappa shape index (κ1) is 22.2. The third-order valence-electron chi connectivity index (χ3n) is 5.27. The van der Waals surface area contributed by atoms with Gasteiger partial charge in [0.1, 0.15) is 17.0 Å². The standard InChI is InChI=1S/C23H18N4O5S2/c28-14-6-7-17(24-10-14)23-26-12-15(33-23)11-25-21(29)13-5-8-20-18(9-13)27-22(30)16-3-1-2-4-19(16)34(20,31)32/h1-10,12,21,25,28-29H,11H2,(H,27,30). The maximum absolute atomic E-state index is 13.1. The summed E-state index contributed by atoms with van der Waals surface area (Å²) in [5.74, 6) is -0.462. The lowest BCUT2D eigenvalue weighted by Gasteiger charge is -2.15. The Kier molecular flexibility index (Phi) is 5.62. The normalized spacial score (nSPS) is 15.0. The molecule has 4 N–H and O–H groups in total. The molecular formula is C23H18N4O5S2. The lowest BCUT2D eigenvalue weighted by atomic mass is 10.1. The number of nitrogens with one attached hydrogen (secondary N) is 2. The van der Waals surface area contributed by atoms with Gasteiger partial charge in [-0.25, -0.2) is 18.4 Å². The van der Waals surface area contributed by atoms with Gasteiger partial charge in [0.15, 0.2) is 0 Å². The molecule has 9 nitrogen and oxygen atoms in total. The van der Waals surface area contributed by atoms with Crippen molar-refractivity contribution in [1.29, 1.82) is 0 Å². The van der Waals surface area contributed by atoms with Crippen LogP contribution in [-0.2, 0) is 16.4 Å². The molecule has 0 aliphatic carbocycles. The van der Waals surface area contributed by atoms with E-state index in [1.807, 2.05) is 0 Å². The van der Waals surface area contributed by atoms with E-state index in [0.29, 0.717) is 22.8 Å². The predicted octanol–water partition coefficient (Wildman–Crippen LogP) is 3.09. The Labute approximate surface area is 198 Å². The average Bonchev–Trinajstić information content (AvgIpc) is 3.29. The second kappa shape index (κ2) is 8.61. The lowest BCUT2D eigenvalue weighted by molar-refractivity contribution is 0.102. The topological polar surface area (TPSA) is 142 Å². The van der Waals surface area contributed by atoms with Crippen molar-refractivity contribution in [3.63, 3.8) is 0 Å². The number of rotatable bonds is 5. The van der Waals surface area contributed by atoms with E-state index in [0.717, 1.165) is 4.88 Å². The molecule has 3 heterocycles. The molecule has 0 fully saturated rings. The maximum Gasteiger partial charge on any atom is 0.257 e. The van der Waals surface area contributed by atoms with E-state index in [-0.39, 0.29) is 26.8 Å². The van der Waals surface area contributed by atoms with Crippen LogP contribution in [0.15, 0.2) is 76.8 Å². The van der Waals surface area contributed by atoms with Crippen molar-refractivity contribution < 1.29 is 23.4 Å². The molecule has 1 amide bonds. The summed E-state index contributed by atoms with van der Waals surface area (Å²) in [6.45, 7) is 0.296. The number of fused-ring (bicyclic) bond motifs is 2. The summed E-state index contributed by atoms with van der Waals surface area (Å²) in [5, 5.41) is 26.3. The van der Waals surface area contributed by atoms with Crippen molar-refractivity contribution in [3.8, 4) is 16.5 Å². The first-order chi connectivity index (χ1) is 16.3. The number of aliphatic hydroxyl groups excluding tert-OH is 1. The van der Waals surface area contributed by atoms with Gasteiger partial charge in [0.25, 0.3) is 5.91 Å². The maximum atomic E-state index is 13.1. The molecule has 0 saturated carbocycles. The summed E-state index contributed by atoms with van der Waals surface area (Å²) in [6.07, 6.45) is 1.89. The van der Waals surface area contributed by atoms with Crippen molar-refractivity contribution in [2.24, 2.45) is 0 Å². The number of aliphatic hydroxyl groups is 1. The van der Waals surface area contributed by atoms with E-state index in [2.05, 4.69) is 20.6 Å². The molecule has 0 radical (unpaired) electrons. The van der Waals surface area contributed by atoms with Crippen LogP contribution in [0.25, 0.3) is 10.7 Å². The van der Waals surface area contributed by atoms with Crippen LogP contribution in [-0.4, -0.2) is 34.5 Å². The Balaban J connectivity index is 1.35. The zero-order valence-electron chi connectivity index (χ0n) is 17.5. The molecule has 5 rings (SSSR count). The lowest BCUT2D eigenvalue weighted by Crippen LogP contribution is -2.20. The van der Waals surface area contributed by atoms with Crippen molar-refractivity contribution in [3.05, 3.63) is 83.0 Å². The highest BCUT2D eigenvalue weighted by atomic mass is 32.2. The summed E-state index contributed by atoms with van der Waals surface area (Å²) >= 11 is 1.38. The molecule has 1 unspecified atom stereocenters. The highest BCUT2D eigenvalue weighted by molar-refractivity contribution is 7.91. The summed E-state index contributed by atoms with van der Waals surface area (Å²) in [5.41, 5.74) is 1.20. The Morgan fingerprint density at radius 2 is 1.85 bits per heavy atom. The van der Waals surface area contributed by atoms with E-state index >= 15 is 0 Å². The quantitative estimate of drug-likeness (QED) is 0.310. The fourth-order valence-electron chi connectivity index (χ4n) is 3.58. The van der Waals surface area contributed by atoms with Crippen LogP contribution in [0.3, 0.4) is 0 Å². The minimum absolute atomic E-state index is 0.0322. The van der Waals surface area contributed by atoms with Crippen LogP contribution < -0.4 is 10.6 Å². The molecule has 1 atom stereocenters. The molecule has 2 aromatic carbocycles.